The zero-order valence-corrected chi connectivity index (χ0v) is 12.5. The molecule has 0 aliphatic carbocycles. The number of hydrogen-bond acceptors (Lipinski definition) is 4. The lowest BCUT2D eigenvalue weighted by molar-refractivity contribution is 0.174. The third-order valence-corrected chi connectivity index (χ3v) is 4.79. The van der Waals surface area contributed by atoms with E-state index in [0.717, 1.165) is 11.1 Å². The number of hydrogen-bond donors (Lipinski definition) is 1. The quantitative estimate of drug-likeness (QED) is 0.947. The van der Waals surface area contributed by atoms with Gasteiger partial charge in [0.1, 0.15) is 0 Å². The summed E-state index contributed by atoms with van der Waals surface area (Å²) in [5.74, 6) is 1.15. The number of sulfonamides is 1. The number of nitrogens with one attached hydrogen (secondary N) is 1. The Morgan fingerprint density at radius 1 is 0.952 bits per heavy atom. The Bertz CT molecular complexity index is 799. The third-order valence-electron chi connectivity index (χ3n) is 3.41. The Labute approximate surface area is 123 Å². The van der Waals surface area contributed by atoms with E-state index in [1.165, 1.54) is 0 Å². The zero-order valence-electron chi connectivity index (χ0n) is 11.7. The van der Waals surface area contributed by atoms with Gasteiger partial charge in [0.25, 0.3) is 10.0 Å². The molecule has 0 aromatic heterocycles. The molecule has 0 unspecified atom stereocenters. The van der Waals surface area contributed by atoms with Crippen LogP contribution in [0.4, 0.5) is 5.69 Å². The van der Waals surface area contributed by atoms with Gasteiger partial charge in [-0.25, -0.2) is 8.42 Å². The van der Waals surface area contributed by atoms with Crippen molar-refractivity contribution in [1.82, 2.24) is 0 Å². The Kier molecular flexibility index (Phi) is 3.25. The van der Waals surface area contributed by atoms with Crippen molar-refractivity contribution in [2.75, 3.05) is 11.5 Å². The number of rotatable bonds is 3. The van der Waals surface area contributed by atoms with Crippen molar-refractivity contribution in [3.63, 3.8) is 0 Å². The first-order valence-electron chi connectivity index (χ1n) is 6.45. The standard InChI is InChI=1S/C15H15NO4S/c1-10-3-5-13(7-11(10)2)21(17,18)16-12-4-6-14-15(8-12)20-9-19-14/h3-8,16H,9H2,1-2H3. The Morgan fingerprint density at radius 2 is 1.71 bits per heavy atom. The van der Waals surface area contributed by atoms with Crippen molar-refractivity contribution in [2.24, 2.45) is 0 Å². The predicted octanol–water partition coefficient (Wildman–Crippen LogP) is 2.83. The van der Waals surface area contributed by atoms with E-state index in [9.17, 15) is 8.42 Å². The molecule has 2 aromatic rings. The van der Waals surface area contributed by atoms with Gasteiger partial charge in [0.15, 0.2) is 11.5 Å². The van der Waals surface area contributed by atoms with Gasteiger partial charge in [-0.2, -0.15) is 0 Å². The molecule has 0 saturated heterocycles. The summed E-state index contributed by atoms with van der Waals surface area (Å²) in [5, 5.41) is 0. The number of benzene rings is 2. The van der Waals surface area contributed by atoms with Gasteiger partial charge in [-0.3, -0.25) is 4.72 Å². The molecule has 0 saturated carbocycles. The van der Waals surface area contributed by atoms with Gasteiger partial charge in [-0.05, 0) is 49.2 Å². The summed E-state index contributed by atoms with van der Waals surface area (Å²) in [6.45, 7) is 3.98. The van der Waals surface area contributed by atoms with Crippen molar-refractivity contribution >= 4 is 15.7 Å². The van der Waals surface area contributed by atoms with Crippen LogP contribution in [-0.4, -0.2) is 15.2 Å². The van der Waals surface area contributed by atoms with Crippen LogP contribution in [0.25, 0.3) is 0 Å². The van der Waals surface area contributed by atoms with Crippen molar-refractivity contribution in [1.29, 1.82) is 0 Å². The smallest absolute Gasteiger partial charge is 0.261 e. The maximum atomic E-state index is 12.4. The number of fused-ring (bicyclic) bond motifs is 1. The van der Waals surface area contributed by atoms with Crippen LogP contribution >= 0.6 is 0 Å². The van der Waals surface area contributed by atoms with Crippen LogP contribution < -0.4 is 14.2 Å². The maximum absolute atomic E-state index is 12.4. The molecule has 0 fully saturated rings. The first-order chi connectivity index (χ1) is 9.95. The van der Waals surface area contributed by atoms with Crippen LogP contribution in [0.15, 0.2) is 41.3 Å². The summed E-state index contributed by atoms with van der Waals surface area (Å²) in [6.07, 6.45) is 0. The summed E-state index contributed by atoms with van der Waals surface area (Å²) in [4.78, 5) is 0.239. The highest BCUT2D eigenvalue weighted by atomic mass is 32.2. The van der Waals surface area contributed by atoms with E-state index in [1.807, 2.05) is 13.8 Å². The molecule has 6 heteroatoms. The highest BCUT2D eigenvalue weighted by molar-refractivity contribution is 7.92. The van der Waals surface area contributed by atoms with E-state index in [4.69, 9.17) is 9.47 Å². The van der Waals surface area contributed by atoms with Crippen LogP contribution in [0, 0.1) is 13.8 Å². The third kappa shape index (κ3) is 2.67. The molecule has 1 N–H and O–H groups in total. The molecule has 3 rings (SSSR count). The van der Waals surface area contributed by atoms with Crippen molar-refractivity contribution in [3.05, 3.63) is 47.5 Å². The monoisotopic (exact) mass is 305 g/mol. The molecular weight excluding hydrogens is 290 g/mol. The number of aryl methyl sites for hydroxylation is 2. The molecule has 0 bridgehead atoms. The molecular formula is C15H15NO4S. The lowest BCUT2D eigenvalue weighted by Gasteiger charge is -2.10. The lowest BCUT2D eigenvalue weighted by atomic mass is 10.1. The zero-order chi connectivity index (χ0) is 15.0. The van der Waals surface area contributed by atoms with Gasteiger partial charge in [0, 0.05) is 6.07 Å². The normalized spacial score (nSPS) is 13.2. The maximum Gasteiger partial charge on any atom is 0.261 e. The molecule has 1 aliphatic rings. The fraction of sp³-hybridized carbons (Fsp3) is 0.200. The topological polar surface area (TPSA) is 64.6 Å². The highest BCUT2D eigenvalue weighted by Gasteiger charge is 2.18. The van der Waals surface area contributed by atoms with E-state index in [-0.39, 0.29) is 11.7 Å². The minimum Gasteiger partial charge on any atom is -0.454 e. The van der Waals surface area contributed by atoms with Gasteiger partial charge >= 0.3 is 0 Å². The predicted molar refractivity (Wildman–Crippen MR) is 79.3 cm³/mol. The van der Waals surface area contributed by atoms with E-state index in [2.05, 4.69) is 4.72 Å². The van der Waals surface area contributed by atoms with Crippen LogP contribution in [-0.2, 0) is 10.0 Å². The Hall–Kier alpha value is -2.21. The fourth-order valence-electron chi connectivity index (χ4n) is 2.06. The molecule has 1 heterocycles. The van der Waals surface area contributed by atoms with Gasteiger partial charge in [-0.15, -0.1) is 0 Å². The second kappa shape index (κ2) is 4.96. The van der Waals surface area contributed by atoms with Crippen LogP contribution in [0.2, 0.25) is 0 Å². The van der Waals surface area contributed by atoms with Crippen molar-refractivity contribution in [3.8, 4) is 11.5 Å². The Morgan fingerprint density at radius 3 is 2.48 bits per heavy atom. The summed E-state index contributed by atoms with van der Waals surface area (Å²) >= 11 is 0. The van der Waals surface area contributed by atoms with E-state index in [0.29, 0.717) is 17.2 Å². The summed E-state index contributed by atoms with van der Waals surface area (Å²) < 4.78 is 37.7. The molecule has 110 valence electrons. The number of ether oxygens (including phenoxy) is 2. The summed E-state index contributed by atoms with van der Waals surface area (Å²) in [6, 6.07) is 9.99. The van der Waals surface area contributed by atoms with Crippen molar-refractivity contribution in [2.45, 2.75) is 18.7 Å². The second-order valence-corrected chi connectivity index (χ2v) is 6.60. The van der Waals surface area contributed by atoms with Crippen molar-refractivity contribution < 1.29 is 17.9 Å². The molecule has 5 nitrogen and oxygen atoms in total. The molecule has 2 aromatic carbocycles. The minimum absolute atomic E-state index is 0.155. The van der Waals surface area contributed by atoms with Gasteiger partial charge in [-0.1, -0.05) is 6.07 Å². The average Bonchev–Trinajstić information content (AvgIpc) is 2.88. The van der Waals surface area contributed by atoms with Gasteiger partial charge in [0.05, 0.1) is 10.6 Å². The van der Waals surface area contributed by atoms with Crippen LogP contribution in [0.1, 0.15) is 11.1 Å². The molecule has 0 radical (unpaired) electrons. The number of anilines is 1. The van der Waals surface area contributed by atoms with Gasteiger partial charge < -0.3 is 9.47 Å². The SMILES string of the molecule is Cc1ccc(S(=O)(=O)Nc2ccc3c(c2)OCO3)cc1C. The largest absolute Gasteiger partial charge is 0.454 e. The first kappa shape index (κ1) is 13.8. The second-order valence-electron chi connectivity index (χ2n) is 4.92. The lowest BCUT2D eigenvalue weighted by Crippen LogP contribution is -2.13. The average molecular weight is 305 g/mol. The molecule has 0 atom stereocenters. The highest BCUT2D eigenvalue weighted by Crippen LogP contribution is 2.34. The molecule has 1 aliphatic heterocycles. The first-order valence-corrected chi connectivity index (χ1v) is 7.94. The molecule has 21 heavy (non-hydrogen) atoms. The van der Waals surface area contributed by atoms with E-state index >= 15 is 0 Å². The van der Waals surface area contributed by atoms with Crippen LogP contribution in [0.3, 0.4) is 0 Å². The Balaban J connectivity index is 1.90. The summed E-state index contributed by atoms with van der Waals surface area (Å²) in [7, 11) is -3.62. The van der Waals surface area contributed by atoms with E-state index < -0.39 is 10.0 Å². The van der Waals surface area contributed by atoms with E-state index in [1.54, 1.807) is 36.4 Å². The molecule has 0 spiro atoms. The molecule has 0 amide bonds. The summed E-state index contributed by atoms with van der Waals surface area (Å²) in [5.41, 5.74) is 2.43. The van der Waals surface area contributed by atoms with Crippen LogP contribution in [0.5, 0.6) is 11.5 Å². The fourth-order valence-corrected chi connectivity index (χ4v) is 3.19. The minimum atomic E-state index is -3.62. The van der Waals surface area contributed by atoms with Gasteiger partial charge in [0.2, 0.25) is 6.79 Å².